The second kappa shape index (κ2) is 8.37. The van der Waals surface area contributed by atoms with E-state index in [0.717, 1.165) is 13.0 Å². The number of unbranched alkanes of at least 4 members (excludes halogenated alkanes) is 3. The van der Waals surface area contributed by atoms with Crippen molar-refractivity contribution in [2.24, 2.45) is 0 Å². The van der Waals surface area contributed by atoms with Crippen LogP contribution >= 0.6 is 0 Å². The van der Waals surface area contributed by atoms with Crippen molar-refractivity contribution in [3.05, 3.63) is 35.4 Å². The van der Waals surface area contributed by atoms with E-state index in [0.29, 0.717) is 0 Å². The third kappa shape index (κ3) is 8.05. The first-order valence-electron chi connectivity index (χ1n) is 7.84. The monoisotopic (exact) mass is 261 g/mol. The maximum Gasteiger partial charge on any atom is 0.00965 e. The smallest absolute Gasteiger partial charge is 0.00965 e. The number of hydrogen-bond donors (Lipinski definition) is 1. The van der Waals surface area contributed by atoms with E-state index in [1.807, 2.05) is 0 Å². The van der Waals surface area contributed by atoms with Gasteiger partial charge >= 0.3 is 0 Å². The quantitative estimate of drug-likeness (QED) is 0.666. The molecule has 0 radical (unpaired) electrons. The van der Waals surface area contributed by atoms with Gasteiger partial charge in [0.2, 0.25) is 0 Å². The van der Waals surface area contributed by atoms with E-state index < -0.39 is 0 Å². The van der Waals surface area contributed by atoms with Crippen molar-refractivity contribution in [1.29, 1.82) is 0 Å². The van der Waals surface area contributed by atoms with Crippen molar-refractivity contribution in [3.8, 4) is 0 Å². The molecule has 0 bridgehead atoms. The van der Waals surface area contributed by atoms with Crippen LogP contribution in [0.1, 0.15) is 64.5 Å². The van der Waals surface area contributed by atoms with Gasteiger partial charge in [0.1, 0.15) is 0 Å². The highest BCUT2D eigenvalue weighted by Crippen LogP contribution is 2.10. The van der Waals surface area contributed by atoms with E-state index in [-0.39, 0.29) is 5.54 Å². The Kier molecular flexibility index (Phi) is 7.15. The Balaban J connectivity index is 2.04. The molecule has 19 heavy (non-hydrogen) atoms. The summed E-state index contributed by atoms with van der Waals surface area (Å²) in [5.74, 6) is 0. The minimum Gasteiger partial charge on any atom is -0.312 e. The first-order valence-corrected chi connectivity index (χ1v) is 7.84. The molecule has 1 N–H and O–H groups in total. The Morgan fingerprint density at radius 2 is 1.42 bits per heavy atom. The summed E-state index contributed by atoms with van der Waals surface area (Å²) in [5, 5.41) is 3.54. The number of benzene rings is 1. The number of rotatable bonds is 8. The molecule has 1 nitrogen and oxygen atoms in total. The lowest BCUT2D eigenvalue weighted by atomic mass is 10.0. The van der Waals surface area contributed by atoms with Gasteiger partial charge in [-0.2, -0.15) is 0 Å². The van der Waals surface area contributed by atoms with Crippen LogP contribution in [0.15, 0.2) is 24.3 Å². The van der Waals surface area contributed by atoms with Crippen LogP contribution in [-0.2, 0) is 12.8 Å². The van der Waals surface area contributed by atoms with Crippen molar-refractivity contribution in [3.63, 3.8) is 0 Å². The number of nitrogens with one attached hydrogen (secondary N) is 1. The molecule has 108 valence electrons. The van der Waals surface area contributed by atoms with Gasteiger partial charge in [-0.15, -0.1) is 0 Å². The zero-order chi connectivity index (χ0) is 14.1. The molecule has 1 aromatic carbocycles. The molecule has 0 aromatic heterocycles. The van der Waals surface area contributed by atoms with E-state index in [1.54, 1.807) is 0 Å². The maximum atomic E-state index is 3.54. The van der Waals surface area contributed by atoms with Crippen LogP contribution in [0.25, 0.3) is 0 Å². The number of aryl methyl sites for hydroxylation is 2. The lowest BCUT2D eigenvalue weighted by Gasteiger charge is -2.20. The molecule has 1 heteroatoms. The van der Waals surface area contributed by atoms with Crippen molar-refractivity contribution < 1.29 is 0 Å². The Bertz CT molecular complexity index is 332. The molecule has 1 rings (SSSR count). The van der Waals surface area contributed by atoms with Gasteiger partial charge in [-0.3, -0.25) is 0 Å². The summed E-state index contributed by atoms with van der Waals surface area (Å²) in [6.07, 6.45) is 7.68. The summed E-state index contributed by atoms with van der Waals surface area (Å²) in [4.78, 5) is 0. The highest BCUT2D eigenvalue weighted by Gasteiger charge is 2.06. The largest absolute Gasteiger partial charge is 0.312 e. The van der Waals surface area contributed by atoms with Crippen LogP contribution < -0.4 is 5.32 Å². The predicted octanol–water partition coefficient (Wildman–Crippen LogP) is 4.74. The van der Waals surface area contributed by atoms with E-state index in [4.69, 9.17) is 0 Å². The Morgan fingerprint density at radius 3 is 2.00 bits per heavy atom. The van der Waals surface area contributed by atoms with Gasteiger partial charge in [0, 0.05) is 5.54 Å². The summed E-state index contributed by atoms with van der Waals surface area (Å²) in [5.41, 5.74) is 3.20. The van der Waals surface area contributed by atoms with E-state index in [2.05, 4.69) is 57.3 Å². The molecule has 0 aliphatic rings. The molecule has 0 atom stereocenters. The maximum absolute atomic E-state index is 3.54. The molecule has 0 aliphatic heterocycles. The SMILES string of the molecule is CCc1ccc(CCCCCCNC(C)(C)C)cc1. The summed E-state index contributed by atoms with van der Waals surface area (Å²) in [6, 6.07) is 9.12. The highest BCUT2D eigenvalue weighted by molar-refractivity contribution is 5.22. The molecule has 0 fully saturated rings. The Labute approximate surface area is 119 Å². The van der Waals surface area contributed by atoms with Crippen molar-refractivity contribution >= 4 is 0 Å². The van der Waals surface area contributed by atoms with Gasteiger partial charge < -0.3 is 5.32 Å². The first-order chi connectivity index (χ1) is 9.01. The predicted molar refractivity (Wildman–Crippen MR) is 85.7 cm³/mol. The molecular formula is C18H31N. The molecule has 0 amide bonds. The second-order valence-corrected chi connectivity index (χ2v) is 6.51. The number of hydrogen-bond acceptors (Lipinski definition) is 1. The third-order valence-corrected chi connectivity index (χ3v) is 3.48. The molecule has 0 saturated carbocycles. The van der Waals surface area contributed by atoms with Crippen LogP contribution in [0.5, 0.6) is 0 Å². The average Bonchev–Trinajstić information content (AvgIpc) is 2.37. The zero-order valence-electron chi connectivity index (χ0n) is 13.3. The molecule has 0 saturated heterocycles. The highest BCUT2D eigenvalue weighted by atomic mass is 14.9. The molecule has 0 aliphatic carbocycles. The molecular weight excluding hydrogens is 230 g/mol. The Morgan fingerprint density at radius 1 is 0.842 bits per heavy atom. The van der Waals surface area contributed by atoms with Gasteiger partial charge in [-0.1, -0.05) is 44.0 Å². The van der Waals surface area contributed by atoms with E-state index in [9.17, 15) is 0 Å². The minimum absolute atomic E-state index is 0.265. The normalized spacial score (nSPS) is 11.8. The molecule has 0 spiro atoms. The standard InChI is InChI=1S/C18H31N/c1-5-16-11-13-17(14-12-16)10-8-6-7-9-15-19-18(2,3)4/h11-14,19H,5-10,15H2,1-4H3. The van der Waals surface area contributed by atoms with Gasteiger partial charge in [0.05, 0.1) is 0 Å². The summed E-state index contributed by atoms with van der Waals surface area (Å²) in [6.45, 7) is 10.0. The van der Waals surface area contributed by atoms with Crippen molar-refractivity contribution in [2.75, 3.05) is 6.54 Å². The lowest BCUT2D eigenvalue weighted by molar-refractivity contribution is 0.416. The van der Waals surface area contributed by atoms with Crippen molar-refractivity contribution in [2.45, 2.75) is 71.8 Å². The van der Waals surface area contributed by atoms with Crippen LogP contribution in [0.2, 0.25) is 0 Å². The van der Waals surface area contributed by atoms with Crippen molar-refractivity contribution in [1.82, 2.24) is 5.32 Å². The fourth-order valence-corrected chi connectivity index (χ4v) is 2.21. The van der Waals surface area contributed by atoms with Gasteiger partial charge in [0.25, 0.3) is 0 Å². The van der Waals surface area contributed by atoms with Gasteiger partial charge in [-0.25, -0.2) is 0 Å². The lowest BCUT2D eigenvalue weighted by Crippen LogP contribution is -2.36. The third-order valence-electron chi connectivity index (χ3n) is 3.48. The summed E-state index contributed by atoms with van der Waals surface area (Å²) in [7, 11) is 0. The fourth-order valence-electron chi connectivity index (χ4n) is 2.21. The second-order valence-electron chi connectivity index (χ2n) is 6.51. The van der Waals surface area contributed by atoms with Crippen LogP contribution in [0.4, 0.5) is 0 Å². The zero-order valence-corrected chi connectivity index (χ0v) is 13.3. The summed E-state index contributed by atoms with van der Waals surface area (Å²) >= 11 is 0. The average molecular weight is 261 g/mol. The molecule has 1 aromatic rings. The molecule has 0 heterocycles. The van der Waals surface area contributed by atoms with Crippen LogP contribution in [-0.4, -0.2) is 12.1 Å². The van der Waals surface area contributed by atoms with E-state index in [1.165, 1.54) is 43.2 Å². The topological polar surface area (TPSA) is 12.0 Å². The van der Waals surface area contributed by atoms with Crippen LogP contribution in [0.3, 0.4) is 0 Å². The Hall–Kier alpha value is -0.820. The van der Waals surface area contributed by atoms with E-state index >= 15 is 0 Å². The summed E-state index contributed by atoms with van der Waals surface area (Å²) < 4.78 is 0. The molecule has 0 unspecified atom stereocenters. The fraction of sp³-hybridized carbons (Fsp3) is 0.667. The minimum atomic E-state index is 0.265. The first kappa shape index (κ1) is 16.2. The van der Waals surface area contributed by atoms with Gasteiger partial charge in [0.15, 0.2) is 0 Å². The van der Waals surface area contributed by atoms with Gasteiger partial charge in [-0.05, 0) is 64.1 Å². The van der Waals surface area contributed by atoms with Crippen LogP contribution in [0, 0.1) is 0 Å².